The van der Waals surface area contributed by atoms with Crippen molar-refractivity contribution in [3.05, 3.63) is 30.5 Å². The maximum atomic E-state index is 10.6. The van der Waals surface area contributed by atoms with Gasteiger partial charge in [-0.2, -0.15) is 10.2 Å². The number of hydrazone groups is 1. The number of carboxylic acids is 1. The molecule has 86 valence electrons. The van der Waals surface area contributed by atoms with Gasteiger partial charge in [0.25, 0.3) is 0 Å². The van der Waals surface area contributed by atoms with E-state index in [1.165, 1.54) is 6.92 Å². The second-order valence-electron chi connectivity index (χ2n) is 3.39. The first-order valence-corrected chi connectivity index (χ1v) is 4.92. The molecule has 0 saturated heterocycles. The Morgan fingerprint density at radius 1 is 1.41 bits per heavy atom. The van der Waals surface area contributed by atoms with E-state index >= 15 is 0 Å². The standard InChI is InChI=1S/C11H10N4O2/c1-7(11(16)17)13-15-10-9-5-3-2-4-8(9)6-12-14-10/h2-6H,1H3,(H,14,15)(H,16,17)/b13-7+. The molecule has 1 aromatic heterocycles. The van der Waals surface area contributed by atoms with E-state index in [1.807, 2.05) is 24.3 Å². The number of nitrogens with one attached hydrogen (secondary N) is 1. The molecule has 2 rings (SSSR count). The smallest absolute Gasteiger partial charge is 0.351 e. The minimum Gasteiger partial charge on any atom is -0.477 e. The minimum absolute atomic E-state index is 0.0419. The van der Waals surface area contributed by atoms with Crippen LogP contribution in [-0.4, -0.2) is 27.0 Å². The Morgan fingerprint density at radius 2 is 2.18 bits per heavy atom. The normalized spacial score (nSPS) is 11.5. The lowest BCUT2D eigenvalue weighted by Crippen LogP contribution is -2.10. The highest BCUT2D eigenvalue weighted by atomic mass is 16.4. The average Bonchev–Trinajstić information content (AvgIpc) is 2.35. The lowest BCUT2D eigenvalue weighted by molar-refractivity contribution is -0.129. The number of nitrogens with zero attached hydrogens (tertiary/aromatic N) is 3. The van der Waals surface area contributed by atoms with Crippen LogP contribution in [0.4, 0.5) is 5.82 Å². The van der Waals surface area contributed by atoms with E-state index in [1.54, 1.807) is 6.20 Å². The zero-order chi connectivity index (χ0) is 12.3. The topological polar surface area (TPSA) is 87.5 Å². The summed E-state index contributed by atoms with van der Waals surface area (Å²) in [5.41, 5.74) is 2.56. The average molecular weight is 230 g/mol. The molecule has 0 fully saturated rings. The van der Waals surface area contributed by atoms with Gasteiger partial charge < -0.3 is 5.11 Å². The molecule has 0 aliphatic rings. The van der Waals surface area contributed by atoms with Gasteiger partial charge in [0.15, 0.2) is 5.82 Å². The van der Waals surface area contributed by atoms with Crippen molar-refractivity contribution in [3.63, 3.8) is 0 Å². The van der Waals surface area contributed by atoms with Crippen LogP contribution in [0.3, 0.4) is 0 Å². The number of carbonyl (C=O) groups is 1. The van der Waals surface area contributed by atoms with Crippen molar-refractivity contribution in [1.82, 2.24) is 10.2 Å². The SMILES string of the molecule is C/C(=N\Nc1nncc2ccccc12)C(=O)O. The molecule has 0 radical (unpaired) electrons. The van der Waals surface area contributed by atoms with Crippen LogP contribution in [0, 0.1) is 0 Å². The molecule has 0 saturated carbocycles. The van der Waals surface area contributed by atoms with Crippen molar-refractivity contribution in [2.45, 2.75) is 6.92 Å². The fourth-order valence-corrected chi connectivity index (χ4v) is 1.30. The van der Waals surface area contributed by atoms with Gasteiger partial charge in [-0.05, 0) is 6.92 Å². The third-order valence-electron chi connectivity index (χ3n) is 2.21. The molecule has 0 amide bonds. The van der Waals surface area contributed by atoms with Crippen LogP contribution in [0.1, 0.15) is 6.92 Å². The largest absolute Gasteiger partial charge is 0.477 e. The Morgan fingerprint density at radius 3 is 2.94 bits per heavy atom. The van der Waals surface area contributed by atoms with Crippen LogP contribution < -0.4 is 5.43 Å². The summed E-state index contributed by atoms with van der Waals surface area (Å²) in [7, 11) is 0. The van der Waals surface area contributed by atoms with Gasteiger partial charge >= 0.3 is 5.97 Å². The summed E-state index contributed by atoms with van der Waals surface area (Å²) in [4.78, 5) is 10.6. The van der Waals surface area contributed by atoms with Gasteiger partial charge in [-0.3, -0.25) is 5.43 Å². The van der Waals surface area contributed by atoms with E-state index < -0.39 is 5.97 Å². The lowest BCUT2D eigenvalue weighted by Gasteiger charge is -2.03. The number of benzene rings is 1. The molecule has 6 heteroatoms. The Labute approximate surface area is 97.0 Å². The van der Waals surface area contributed by atoms with Gasteiger partial charge in [0, 0.05) is 10.8 Å². The zero-order valence-corrected chi connectivity index (χ0v) is 9.08. The second-order valence-corrected chi connectivity index (χ2v) is 3.39. The van der Waals surface area contributed by atoms with Crippen LogP contribution >= 0.6 is 0 Å². The highest BCUT2D eigenvalue weighted by molar-refractivity contribution is 6.34. The van der Waals surface area contributed by atoms with Gasteiger partial charge in [0.05, 0.1) is 6.20 Å². The summed E-state index contributed by atoms with van der Waals surface area (Å²) in [5, 5.41) is 21.8. The molecular weight excluding hydrogens is 220 g/mol. The quantitative estimate of drug-likeness (QED) is 0.616. The molecular formula is C11H10N4O2. The third kappa shape index (κ3) is 2.36. The highest BCUT2D eigenvalue weighted by Crippen LogP contribution is 2.18. The first-order valence-electron chi connectivity index (χ1n) is 4.92. The van der Waals surface area contributed by atoms with Gasteiger partial charge in [0.1, 0.15) is 5.71 Å². The third-order valence-corrected chi connectivity index (χ3v) is 2.21. The van der Waals surface area contributed by atoms with Crippen LogP contribution in [-0.2, 0) is 4.79 Å². The number of hydrogen-bond donors (Lipinski definition) is 2. The molecule has 2 N–H and O–H groups in total. The molecule has 6 nitrogen and oxygen atoms in total. The number of anilines is 1. The molecule has 0 aliphatic carbocycles. The summed E-state index contributed by atoms with van der Waals surface area (Å²) in [6, 6.07) is 7.50. The molecule has 0 aliphatic heterocycles. The fourth-order valence-electron chi connectivity index (χ4n) is 1.30. The van der Waals surface area contributed by atoms with E-state index in [0.717, 1.165) is 10.8 Å². The molecule has 1 aromatic carbocycles. The monoisotopic (exact) mass is 230 g/mol. The molecule has 0 atom stereocenters. The maximum Gasteiger partial charge on any atom is 0.351 e. The number of carboxylic acid groups (broad SMARTS) is 1. The van der Waals surface area contributed by atoms with Crippen molar-refractivity contribution < 1.29 is 9.90 Å². The molecule has 0 unspecified atom stereocenters. The summed E-state index contributed by atoms with van der Waals surface area (Å²) < 4.78 is 0. The lowest BCUT2D eigenvalue weighted by atomic mass is 10.2. The highest BCUT2D eigenvalue weighted by Gasteiger charge is 2.04. The predicted molar refractivity (Wildman–Crippen MR) is 63.9 cm³/mol. The molecule has 1 heterocycles. The number of hydrogen-bond acceptors (Lipinski definition) is 5. The minimum atomic E-state index is -1.08. The van der Waals surface area contributed by atoms with Crippen LogP contribution in [0.25, 0.3) is 10.8 Å². The van der Waals surface area contributed by atoms with Gasteiger partial charge in [0.2, 0.25) is 0 Å². The number of rotatable bonds is 3. The van der Waals surface area contributed by atoms with Crippen LogP contribution in [0.5, 0.6) is 0 Å². The first kappa shape index (κ1) is 11.0. The van der Waals surface area contributed by atoms with Crippen molar-refractivity contribution in [2.75, 3.05) is 5.43 Å². The van der Waals surface area contributed by atoms with Crippen LogP contribution in [0.2, 0.25) is 0 Å². The predicted octanol–water partition coefficient (Wildman–Crippen LogP) is 1.50. The van der Waals surface area contributed by atoms with E-state index in [9.17, 15) is 4.79 Å². The van der Waals surface area contributed by atoms with E-state index in [4.69, 9.17) is 5.11 Å². The van der Waals surface area contributed by atoms with Crippen molar-refractivity contribution in [3.8, 4) is 0 Å². The summed E-state index contributed by atoms with van der Waals surface area (Å²) in [6.07, 6.45) is 1.63. The Kier molecular flexibility index (Phi) is 2.95. The Bertz CT molecular complexity index is 590. The number of aromatic nitrogens is 2. The summed E-state index contributed by atoms with van der Waals surface area (Å²) in [5.74, 6) is -0.644. The second kappa shape index (κ2) is 4.56. The summed E-state index contributed by atoms with van der Waals surface area (Å²) in [6.45, 7) is 1.40. The van der Waals surface area contributed by atoms with Gasteiger partial charge in [-0.25, -0.2) is 4.79 Å². The van der Waals surface area contributed by atoms with Crippen molar-refractivity contribution in [1.29, 1.82) is 0 Å². The zero-order valence-electron chi connectivity index (χ0n) is 9.08. The maximum absolute atomic E-state index is 10.6. The molecule has 2 aromatic rings. The van der Waals surface area contributed by atoms with Crippen molar-refractivity contribution >= 4 is 28.3 Å². The Balaban J connectivity index is 2.37. The van der Waals surface area contributed by atoms with E-state index in [0.29, 0.717) is 5.82 Å². The van der Waals surface area contributed by atoms with Gasteiger partial charge in [-0.1, -0.05) is 24.3 Å². The van der Waals surface area contributed by atoms with E-state index in [-0.39, 0.29) is 5.71 Å². The fraction of sp³-hybridized carbons (Fsp3) is 0.0909. The van der Waals surface area contributed by atoms with E-state index in [2.05, 4.69) is 20.7 Å². The molecule has 0 spiro atoms. The molecule has 0 bridgehead atoms. The van der Waals surface area contributed by atoms with Crippen LogP contribution in [0.15, 0.2) is 35.6 Å². The van der Waals surface area contributed by atoms with Crippen molar-refractivity contribution in [2.24, 2.45) is 5.10 Å². The Hall–Kier alpha value is -2.50. The number of aliphatic carboxylic acids is 1. The van der Waals surface area contributed by atoms with Gasteiger partial charge in [-0.15, -0.1) is 5.10 Å². The molecule has 17 heavy (non-hydrogen) atoms. The first-order chi connectivity index (χ1) is 8.18. The number of fused-ring (bicyclic) bond motifs is 1. The summed E-state index contributed by atoms with van der Waals surface area (Å²) >= 11 is 0.